The van der Waals surface area contributed by atoms with Crippen LogP contribution >= 0.6 is 0 Å². The highest BCUT2D eigenvalue weighted by molar-refractivity contribution is 5.91. The van der Waals surface area contributed by atoms with Crippen molar-refractivity contribution in [3.05, 3.63) is 47.7 Å². The van der Waals surface area contributed by atoms with Gasteiger partial charge in [0.2, 0.25) is 11.8 Å². The van der Waals surface area contributed by atoms with Crippen molar-refractivity contribution in [2.24, 2.45) is 11.3 Å². The van der Waals surface area contributed by atoms with Gasteiger partial charge in [0, 0.05) is 18.7 Å². The minimum Gasteiger partial charge on any atom is -0.355 e. The molecule has 0 aromatic heterocycles. The number of piperidine rings is 1. The molecule has 3 aliphatic rings. The number of benzene rings is 1. The molecule has 0 bridgehead atoms. The summed E-state index contributed by atoms with van der Waals surface area (Å²) in [6.45, 7) is 1.35. The standard InChI is InChI=1S/C21H26N2O2/c24-19-11-13-21(20(25)22-14-16-9-10-16)12-5-4-8-18(21)23(19)15-17-6-2-1-3-7-17/h1-3,6-8,16H,4-5,9-15H2,(H,22,25). The Labute approximate surface area is 149 Å². The van der Waals surface area contributed by atoms with Crippen LogP contribution in [0.25, 0.3) is 0 Å². The topological polar surface area (TPSA) is 49.4 Å². The first-order chi connectivity index (χ1) is 12.2. The fourth-order valence-corrected chi connectivity index (χ4v) is 4.19. The van der Waals surface area contributed by atoms with E-state index in [4.69, 9.17) is 0 Å². The second kappa shape index (κ2) is 6.66. The molecule has 132 valence electrons. The minimum atomic E-state index is -0.504. The van der Waals surface area contributed by atoms with Gasteiger partial charge in [0.05, 0.1) is 12.0 Å². The number of nitrogens with one attached hydrogen (secondary N) is 1. The molecular formula is C21H26N2O2. The smallest absolute Gasteiger partial charge is 0.232 e. The lowest BCUT2D eigenvalue weighted by molar-refractivity contribution is -0.141. The molecule has 1 saturated carbocycles. The average Bonchev–Trinajstić information content (AvgIpc) is 3.47. The van der Waals surface area contributed by atoms with Gasteiger partial charge in [-0.3, -0.25) is 9.59 Å². The maximum absolute atomic E-state index is 13.1. The monoisotopic (exact) mass is 338 g/mol. The van der Waals surface area contributed by atoms with Crippen LogP contribution in [0.2, 0.25) is 0 Å². The molecule has 25 heavy (non-hydrogen) atoms. The van der Waals surface area contributed by atoms with Crippen molar-refractivity contribution in [2.75, 3.05) is 6.54 Å². The van der Waals surface area contributed by atoms with E-state index >= 15 is 0 Å². The minimum absolute atomic E-state index is 0.135. The summed E-state index contributed by atoms with van der Waals surface area (Å²) in [5.74, 6) is 0.945. The second-order valence-electron chi connectivity index (χ2n) is 7.68. The van der Waals surface area contributed by atoms with E-state index in [1.807, 2.05) is 35.2 Å². The summed E-state index contributed by atoms with van der Waals surface area (Å²) in [4.78, 5) is 27.6. The Kier molecular flexibility index (Phi) is 4.36. The van der Waals surface area contributed by atoms with Crippen molar-refractivity contribution in [3.8, 4) is 0 Å². The number of allylic oxidation sites excluding steroid dienone is 1. The third-order valence-electron chi connectivity index (χ3n) is 5.86. The van der Waals surface area contributed by atoms with Crippen molar-refractivity contribution in [2.45, 2.75) is 51.5 Å². The molecular weight excluding hydrogens is 312 g/mol. The highest BCUT2D eigenvalue weighted by atomic mass is 16.2. The van der Waals surface area contributed by atoms with Gasteiger partial charge in [0.1, 0.15) is 0 Å². The Balaban J connectivity index is 1.59. The van der Waals surface area contributed by atoms with E-state index in [2.05, 4.69) is 11.4 Å². The highest BCUT2D eigenvalue weighted by Crippen LogP contribution is 2.47. The Bertz CT molecular complexity index is 693. The molecule has 0 spiro atoms. The van der Waals surface area contributed by atoms with Crippen LogP contribution in [0, 0.1) is 11.3 Å². The van der Waals surface area contributed by atoms with E-state index in [1.165, 1.54) is 12.8 Å². The van der Waals surface area contributed by atoms with Crippen molar-refractivity contribution in [3.63, 3.8) is 0 Å². The number of fused-ring (bicyclic) bond motifs is 1. The number of likely N-dealkylation sites (tertiary alicyclic amines) is 1. The molecule has 1 aliphatic heterocycles. The third-order valence-corrected chi connectivity index (χ3v) is 5.86. The molecule has 1 atom stereocenters. The molecule has 1 saturated heterocycles. The van der Waals surface area contributed by atoms with Gasteiger partial charge >= 0.3 is 0 Å². The maximum Gasteiger partial charge on any atom is 0.232 e. The van der Waals surface area contributed by atoms with Gasteiger partial charge in [0.25, 0.3) is 0 Å². The first-order valence-corrected chi connectivity index (χ1v) is 9.52. The quantitative estimate of drug-likeness (QED) is 0.895. The molecule has 4 rings (SSSR count). The maximum atomic E-state index is 13.1. The molecule has 1 heterocycles. The van der Waals surface area contributed by atoms with E-state index in [0.29, 0.717) is 25.3 Å². The first-order valence-electron chi connectivity index (χ1n) is 9.52. The number of carbonyl (C=O) groups excluding carboxylic acids is 2. The van der Waals surface area contributed by atoms with Crippen molar-refractivity contribution in [1.82, 2.24) is 10.2 Å². The number of rotatable bonds is 5. The summed E-state index contributed by atoms with van der Waals surface area (Å²) in [5.41, 5.74) is 1.55. The first kappa shape index (κ1) is 16.4. The molecule has 1 unspecified atom stereocenters. The molecule has 4 nitrogen and oxygen atoms in total. The number of hydrogen-bond donors (Lipinski definition) is 1. The van der Waals surface area contributed by atoms with Crippen LogP contribution in [0.15, 0.2) is 42.1 Å². The second-order valence-corrected chi connectivity index (χ2v) is 7.68. The molecule has 1 N–H and O–H groups in total. The average molecular weight is 338 g/mol. The SMILES string of the molecule is O=C1CCC2(C(=O)NCC3CC3)CCCC=C2N1Cc1ccccc1. The molecule has 2 aliphatic carbocycles. The van der Waals surface area contributed by atoms with E-state index < -0.39 is 5.41 Å². The Hall–Kier alpha value is -2.10. The van der Waals surface area contributed by atoms with Crippen molar-refractivity contribution < 1.29 is 9.59 Å². The van der Waals surface area contributed by atoms with Crippen molar-refractivity contribution in [1.29, 1.82) is 0 Å². The lowest BCUT2D eigenvalue weighted by Crippen LogP contribution is -2.52. The summed E-state index contributed by atoms with van der Waals surface area (Å²) in [6, 6.07) is 10.1. The van der Waals surface area contributed by atoms with Gasteiger partial charge in [-0.05, 0) is 50.0 Å². The van der Waals surface area contributed by atoms with Gasteiger partial charge in [-0.15, -0.1) is 0 Å². The summed E-state index contributed by atoms with van der Waals surface area (Å²) in [5, 5.41) is 3.19. The predicted octanol–water partition coefficient (Wildman–Crippen LogP) is 3.39. The summed E-state index contributed by atoms with van der Waals surface area (Å²) in [7, 11) is 0. The lowest BCUT2D eigenvalue weighted by Gasteiger charge is -2.46. The molecule has 1 aromatic rings. The normalized spacial score (nSPS) is 26.0. The van der Waals surface area contributed by atoms with Crippen LogP contribution in [0.4, 0.5) is 0 Å². The van der Waals surface area contributed by atoms with Crippen LogP contribution in [0.5, 0.6) is 0 Å². The predicted molar refractivity (Wildman–Crippen MR) is 96.3 cm³/mol. The summed E-state index contributed by atoms with van der Waals surface area (Å²) >= 11 is 0. The Morgan fingerprint density at radius 2 is 2.00 bits per heavy atom. The van der Waals surface area contributed by atoms with Crippen LogP contribution < -0.4 is 5.32 Å². The van der Waals surface area contributed by atoms with Crippen LogP contribution in [0.1, 0.15) is 50.5 Å². The van der Waals surface area contributed by atoms with E-state index in [9.17, 15) is 9.59 Å². The number of hydrogen-bond acceptors (Lipinski definition) is 2. The zero-order valence-corrected chi connectivity index (χ0v) is 14.7. The summed E-state index contributed by atoms with van der Waals surface area (Å²) in [6.07, 6.45) is 8.54. The van der Waals surface area contributed by atoms with Gasteiger partial charge in [-0.1, -0.05) is 36.4 Å². The van der Waals surface area contributed by atoms with Gasteiger partial charge < -0.3 is 10.2 Å². The fourth-order valence-electron chi connectivity index (χ4n) is 4.19. The highest BCUT2D eigenvalue weighted by Gasteiger charge is 2.49. The van der Waals surface area contributed by atoms with E-state index in [-0.39, 0.29) is 11.8 Å². The molecule has 2 amide bonds. The van der Waals surface area contributed by atoms with Gasteiger partial charge in [0.15, 0.2) is 0 Å². The number of nitrogens with zero attached hydrogens (tertiary/aromatic N) is 1. The van der Waals surface area contributed by atoms with Gasteiger partial charge in [-0.2, -0.15) is 0 Å². The largest absolute Gasteiger partial charge is 0.355 e. The van der Waals surface area contributed by atoms with Crippen LogP contribution in [-0.4, -0.2) is 23.3 Å². The van der Waals surface area contributed by atoms with Crippen LogP contribution in [-0.2, 0) is 16.1 Å². The number of carbonyl (C=O) groups is 2. The summed E-state index contributed by atoms with van der Waals surface area (Å²) < 4.78 is 0. The molecule has 2 fully saturated rings. The van der Waals surface area contributed by atoms with Gasteiger partial charge in [-0.25, -0.2) is 0 Å². The van der Waals surface area contributed by atoms with E-state index in [1.54, 1.807) is 0 Å². The van der Waals surface area contributed by atoms with Crippen molar-refractivity contribution >= 4 is 11.8 Å². The Morgan fingerprint density at radius 1 is 1.20 bits per heavy atom. The lowest BCUT2D eigenvalue weighted by atomic mass is 9.69. The van der Waals surface area contributed by atoms with E-state index in [0.717, 1.165) is 37.1 Å². The zero-order chi connectivity index (χ0) is 17.3. The molecule has 4 heteroatoms. The fraction of sp³-hybridized carbons (Fsp3) is 0.524. The molecule has 0 radical (unpaired) electrons. The molecule has 1 aromatic carbocycles. The number of amides is 2. The third kappa shape index (κ3) is 3.22. The Morgan fingerprint density at radius 3 is 2.76 bits per heavy atom. The zero-order valence-electron chi connectivity index (χ0n) is 14.7. The van der Waals surface area contributed by atoms with Crippen LogP contribution in [0.3, 0.4) is 0 Å².